The van der Waals surface area contributed by atoms with E-state index in [4.69, 9.17) is 15.2 Å². The third-order valence-corrected chi connectivity index (χ3v) is 10.7. The topological polar surface area (TPSA) is 183 Å². The molecular weight excluding hydrogens is 422 g/mol. The Balaban J connectivity index is 1.91. The maximum absolute atomic E-state index is 12.6. The normalized spacial score (nSPS) is 64.3. The molecule has 11 atom stereocenters. The lowest BCUT2D eigenvalue weighted by atomic mass is 9.52. The van der Waals surface area contributed by atoms with Crippen LogP contribution in [0.25, 0.3) is 0 Å². The van der Waals surface area contributed by atoms with E-state index in [1.807, 2.05) is 0 Å². The van der Waals surface area contributed by atoms with Crippen molar-refractivity contribution in [3.8, 4) is 0 Å². The van der Waals surface area contributed by atoms with Gasteiger partial charge in [0.05, 0.1) is 12.0 Å². The molecule has 32 heavy (non-hydrogen) atoms. The van der Waals surface area contributed by atoms with Crippen molar-refractivity contribution in [3.63, 3.8) is 0 Å². The van der Waals surface area contributed by atoms with E-state index in [0.717, 1.165) is 0 Å². The maximum atomic E-state index is 12.6. The number of rotatable bonds is 3. The molecule has 6 bridgehead atoms. The number of hydrogen-bond acceptors (Lipinski definition) is 10. The minimum atomic E-state index is -2.57. The summed E-state index contributed by atoms with van der Waals surface area (Å²) in [5, 5.41) is 72.5. The monoisotopic (exact) mass is 457 g/mol. The summed E-state index contributed by atoms with van der Waals surface area (Å²) in [5.41, 5.74) is -9.73. The van der Waals surface area contributed by atoms with Crippen LogP contribution in [0.2, 0.25) is 0 Å². The smallest absolute Gasteiger partial charge is 0.320 e. The fourth-order valence-corrected chi connectivity index (χ4v) is 9.17. The van der Waals surface area contributed by atoms with Gasteiger partial charge in [-0.15, -0.1) is 0 Å². The van der Waals surface area contributed by atoms with Gasteiger partial charge >= 0.3 is 5.97 Å². The Bertz CT molecular complexity index is 916. The molecule has 8 N–H and O–H groups in total. The molecule has 4 saturated carbocycles. The van der Waals surface area contributed by atoms with E-state index >= 15 is 0 Å². The Morgan fingerprint density at radius 2 is 1.78 bits per heavy atom. The molecule has 182 valence electrons. The summed E-state index contributed by atoms with van der Waals surface area (Å²) in [5.74, 6) is -4.22. The number of ether oxygens (including phenoxy) is 2. The number of nitrogens with two attached hydrogens (primary N) is 1. The van der Waals surface area contributed by atoms with Gasteiger partial charge in [-0.05, 0) is 31.6 Å². The summed E-state index contributed by atoms with van der Waals surface area (Å²) in [7, 11) is 0. The number of carbonyl (C=O) groups is 1. The molecule has 0 aromatic rings. The zero-order valence-corrected chi connectivity index (χ0v) is 19.1. The first-order valence-electron chi connectivity index (χ1n) is 11.4. The van der Waals surface area contributed by atoms with E-state index in [1.165, 1.54) is 13.8 Å². The Hall–Kier alpha value is -0.850. The van der Waals surface area contributed by atoms with E-state index in [-0.39, 0.29) is 12.8 Å². The fraction of sp³-hybridized carbons (Fsp3) is 0.955. The molecule has 2 aliphatic heterocycles. The average molecular weight is 458 g/mol. The average Bonchev–Trinajstić information content (AvgIpc) is 2.94. The highest BCUT2D eigenvalue weighted by molar-refractivity contribution is 5.72. The van der Waals surface area contributed by atoms with Gasteiger partial charge in [-0.3, -0.25) is 4.79 Å². The molecule has 0 unspecified atom stereocenters. The highest BCUT2D eigenvalue weighted by Gasteiger charge is 3.09. The first-order valence-corrected chi connectivity index (χ1v) is 11.4. The maximum Gasteiger partial charge on any atom is 0.320 e. The molecule has 2 saturated heterocycles. The highest BCUT2D eigenvalue weighted by atomic mass is 16.7. The molecule has 0 amide bonds. The molecule has 10 heteroatoms. The van der Waals surface area contributed by atoms with Crippen LogP contribution in [0.5, 0.6) is 0 Å². The van der Waals surface area contributed by atoms with Crippen LogP contribution in [0.3, 0.4) is 0 Å². The molecular formula is C22H35NO9. The van der Waals surface area contributed by atoms with Crippen LogP contribution in [0.1, 0.15) is 53.9 Å². The Labute approximate surface area is 186 Å². The molecule has 4 aliphatic carbocycles. The van der Waals surface area contributed by atoms with Gasteiger partial charge in [-0.1, -0.05) is 27.7 Å². The molecule has 2 heterocycles. The summed E-state index contributed by atoms with van der Waals surface area (Å²) < 4.78 is 11.9. The molecule has 0 aromatic carbocycles. The fourth-order valence-electron chi connectivity index (χ4n) is 9.17. The van der Waals surface area contributed by atoms with E-state index < -0.39 is 81.2 Å². The van der Waals surface area contributed by atoms with Crippen LogP contribution < -0.4 is 5.73 Å². The highest BCUT2D eigenvalue weighted by Crippen LogP contribution is 2.90. The molecule has 6 fully saturated rings. The van der Waals surface area contributed by atoms with Crippen LogP contribution in [-0.4, -0.2) is 89.2 Å². The zero-order valence-electron chi connectivity index (χ0n) is 19.1. The summed E-state index contributed by atoms with van der Waals surface area (Å²) in [4.78, 5) is 12.3. The summed E-state index contributed by atoms with van der Waals surface area (Å²) in [6.45, 7) is 7.36. The Morgan fingerprint density at radius 3 is 2.31 bits per heavy atom. The van der Waals surface area contributed by atoms with Crippen LogP contribution >= 0.6 is 0 Å². The third kappa shape index (κ3) is 1.52. The van der Waals surface area contributed by atoms with Gasteiger partial charge in [-0.2, -0.15) is 0 Å². The van der Waals surface area contributed by atoms with Gasteiger partial charge in [0.15, 0.2) is 11.4 Å². The number of carbonyl (C=O) groups excluding carboxylic acids is 1. The number of esters is 1. The van der Waals surface area contributed by atoms with E-state index in [2.05, 4.69) is 0 Å². The van der Waals surface area contributed by atoms with Gasteiger partial charge in [-0.25, -0.2) is 0 Å². The first-order chi connectivity index (χ1) is 14.5. The van der Waals surface area contributed by atoms with E-state index in [0.29, 0.717) is 6.42 Å². The number of hydrogen-bond donors (Lipinski definition) is 7. The molecule has 0 aromatic heterocycles. The summed E-state index contributed by atoms with van der Waals surface area (Å²) in [6, 6.07) is 0. The summed E-state index contributed by atoms with van der Waals surface area (Å²) in [6.07, 6.45) is -3.14. The first kappa shape index (κ1) is 22.9. The minimum Gasteiger partial charge on any atom is -0.458 e. The second-order valence-electron chi connectivity index (χ2n) is 11.6. The second-order valence-corrected chi connectivity index (χ2v) is 11.6. The second kappa shape index (κ2) is 5.52. The van der Waals surface area contributed by atoms with Crippen molar-refractivity contribution < 1.29 is 44.9 Å². The van der Waals surface area contributed by atoms with Crippen molar-refractivity contribution in [3.05, 3.63) is 0 Å². The van der Waals surface area contributed by atoms with Crippen molar-refractivity contribution in [1.82, 2.24) is 0 Å². The summed E-state index contributed by atoms with van der Waals surface area (Å²) >= 11 is 0. The largest absolute Gasteiger partial charge is 0.458 e. The number of aliphatic hydroxyl groups excluding tert-OH is 1. The van der Waals surface area contributed by atoms with Crippen molar-refractivity contribution in [2.75, 3.05) is 6.54 Å². The Morgan fingerprint density at radius 1 is 1.19 bits per heavy atom. The van der Waals surface area contributed by atoms with Crippen LogP contribution in [0, 0.1) is 22.7 Å². The Kier molecular flexibility index (Phi) is 3.95. The van der Waals surface area contributed by atoms with Crippen molar-refractivity contribution in [1.29, 1.82) is 0 Å². The van der Waals surface area contributed by atoms with Gasteiger partial charge in [0.1, 0.15) is 34.6 Å². The van der Waals surface area contributed by atoms with E-state index in [1.54, 1.807) is 20.8 Å². The molecule has 6 rings (SSSR count). The van der Waals surface area contributed by atoms with Gasteiger partial charge in [0.2, 0.25) is 0 Å². The van der Waals surface area contributed by atoms with Crippen LogP contribution in [0.4, 0.5) is 0 Å². The van der Waals surface area contributed by atoms with E-state index in [9.17, 15) is 35.4 Å². The third-order valence-electron chi connectivity index (χ3n) is 10.7. The predicted molar refractivity (Wildman–Crippen MR) is 108 cm³/mol. The molecule has 6 aliphatic rings. The van der Waals surface area contributed by atoms with Crippen LogP contribution in [0.15, 0.2) is 0 Å². The standard InChI is InChI=1S/C22H35NO9/c1-10(2)19(28)14(25)20(29)15(4)9-18(27)16(19,5)22(20,30)21(32-18)13(31-12(24)8-23)11(3)6-7-17(15,21)26/h10-11,13-14,25-30H,6-9,23H2,1-5H3/t11-,13+,14+,15-,16-,17-,18-,19+,20+,21+,22+/m0/s1. The lowest BCUT2D eigenvalue weighted by Crippen LogP contribution is -2.76. The van der Waals surface area contributed by atoms with Crippen LogP contribution in [-0.2, 0) is 14.3 Å². The quantitative estimate of drug-likeness (QED) is 0.237. The van der Waals surface area contributed by atoms with Crippen molar-refractivity contribution in [2.45, 2.75) is 99.9 Å². The lowest BCUT2D eigenvalue weighted by Gasteiger charge is -2.61. The SMILES string of the molecule is CC(C)[C@@]1(O)[C@@H](O)[C@@]2(O)[C@@]3(C)C[C@]4(O)O[C@@]5([C@H](OC(=O)CN)[C@@H](C)CC[C@]35O)[C@@]2(O)[C@]14C. The molecule has 1 spiro atoms. The van der Waals surface area contributed by atoms with Gasteiger partial charge < -0.3 is 45.8 Å². The van der Waals surface area contributed by atoms with Gasteiger partial charge in [0.25, 0.3) is 0 Å². The number of aliphatic hydroxyl groups is 6. The van der Waals surface area contributed by atoms with Crippen molar-refractivity contribution in [2.24, 2.45) is 28.4 Å². The lowest BCUT2D eigenvalue weighted by molar-refractivity contribution is -0.390. The zero-order chi connectivity index (χ0) is 24.1. The minimum absolute atomic E-state index is 0.0605. The van der Waals surface area contributed by atoms with Gasteiger partial charge in [0, 0.05) is 11.8 Å². The van der Waals surface area contributed by atoms with Crippen molar-refractivity contribution >= 4 is 5.97 Å². The molecule has 10 nitrogen and oxygen atoms in total. The molecule has 0 radical (unpaired) electrons. The predicted octanol–water partition coefficient (Wildman–Crippen LogP) is -1.87.